The van der Waals surface area contributed by atoms with Crippen LogP contribution >= 0.6 is 0 Å². The average Bonchev–Trinajstić information content (AvgIpc) is 3.01. The Bertz CT molecular complexity index is 722. The van der Waals surface area contributed by atoms with Crippen molar-refractivity contribution in [3.63, 3.8) is 0 Å². The minimum Gasteiger partial charge on any atom is -0.550 e. The third kappa shape index (κ3) is 24.9. The Hall–Kier alpha value is -1.89. The van der Waals surface area contributed by atoms with Gasteiger partial charge >= 0.3 is 11.9 Å². The van der Waals surface area contributed by atoms with E-state index in [1.807, 2.05) is 0 Å². The van der Waals surface area contributed by atoms with Crippen molar-refractivity contribution in [2.24, 2.45) is 17.8 Å². The molecule has 0 aromatic carbocycles. The Morgan fingerprint density at radius 1 is 0.533 bits per heavy atom. The van der Waals surface area contributed by atoms with Crippen LogP contribution in [-0.2, 0) is 14.4 Å². The highest BCUT2D eigenvalue weighted by atomic mass is 16.4. The number of carbonyl (C=O) groups excluding carboxylic acids is 1. The van der Waals surface area contributed by atoms with Gasteiger partial charge < -0.3 is 24.6 Å². The largest absolute Gasteiger partial charge is 0.550 e. The zero-order chi connectivity index (χ0) is 33.8. The van der Waals surface area contributed by atoms with Crippen LogP contribution in [0.2, 0.25) is 0 Å². The van der Waals surface area contributed by atoms with E-state index in [2.05, 4.69) is 19.1 Å². The topological polar surface area (TPSA) is 115 Å². The molecule has 0 aliphatic rings. The molecule has 264 valence electrons. The molecule has 0 aromatic rings. The lowest BCUT2D eigenvalue weighted by atomic mass is 10.0. The molecule has 3 unspecified atom stereocenters. The number of carboxylic acids is 3. The molecule has 0 amide bonds. The lowest BCUT2D eigenvalue weighted by Crippen LogP contribution is -2.52. The van der Waals surface area contributed by atoms with Gasteiger partial charge in [-0.2, -0.15) is 0 Å². The molecule has 2 N–H and O–H groups in total. The van der Waals surface area contributed by atoms with Crippen molar-refractivity contribution < 1.29 is 34.2 Å². The van der Waals surface area contributed by atoms with E-state index in [-0.39, 0.29) is 0 Å². The maximum atomic E-state index is 11.5. The first-order valence-corrected chi connectivity index (χ1v) is 18.7. The predicted octanol–water partition coefficient (Wildman–Crippen LogP) is 8.79. The van der Waals surface area contributed by atoms with Crippen LogP contribution in [0.3, 0.4) is 0 Å². The van der Waals surface area contributed by atoms with E-state index in [9.17, 15) is 29.7 Å². The lowest BCUT2D eigenvalue weighted by molar-refractivity contribution is -0.929. The molecule has 0 aliphatic heterocycles. The van der Waals surface area contributed by atoms with E-state index in [0.717, 1.165) is 25.8 Å². The number of allylic oxidation sites excluding steroid dienone is 2. The molecule has 0 spiro atoms. The van der Waals surface area contributed by atoms with Gasteiger partial charge in [-0.1, -0.05) is 130 Å². The van der Waals surface area contributed by atoms with Gasteiger partial charge in [-0.25, -0.2) is 0 Å². The first-order valence-electron chi connectivity index (χ1n) is 18.7. The van der Waals surface area contributed by atoms with Crippen LogP contribution in [0.15, 0.2) is 12.2 Å². The molecule has 7 heteroatoms. The molecule has 0 fully saturated rings. The molecule has 0 aliphatic carbocycles. The molecule has 0 aromatic heterocycles. The zero-order valence-corrected chi connectivity index (χ0v) is 29.7. The number of carbonyl (C=O) groups is 3. The number of hydrogen-bond acceptors (Lipinski definition) is 4. The summed E-state index contributed by atoms with van der Waals surface area (Å²) in [5.41, 5.74) is 0. The molecular weight excluding hydrogens is 566 g/mol. The van der Waals surface area contributed by atoms with Gasteiger partial charge in [0.2, 0.25) is 0 Å². The Morgan fingerprint density at radius 3 is 1.20 bits per heavy atom. The minimum atomic E-state index is -1.07. The van der Waals surface area contributed by atoms with E-state index in [4.69, 9.17) is 0 Å². The molecule has 0 bridgehead atoms. The van der Waals surface area contributed by atoms with E-state index < -0.39 is 35.7 Å². The second-order valence-corrected chi connectivity index (χ2v) is 14.0. The highest BCUT2D eigenvalue weighted by Crippen LogP contribution is 2.22. The van der Waals surface area contributed by atoms with Crippen LogP contribution in [-0.4, -0.2) is 58.8 Å². The molecule has 7 nitrogen and oxygen atoms in total. The van der Waals surface area contributed by atoms with Gasteiger partial charge in [0.15, 0.2) is 0 Å². The molecule has 0 saturated heterocycles. The third-order valence-electron chi connectivity index (χ3n) is 9.76. The summed E-state index contributed by atoms with van der Waals surface area (Å²) in [6.45, 7) is 9.93. The van der Waals surface area contributed by atoms with Crippen molar-refractivity contribution in [3.05, 3.63) is 12.2 Å². The Balaban J connectivity index is 4.31. The number of hydrogen-bond donors (Lipinski definition) is 2. The molecule has 45 heavy (non-hydrogen) atoms. The normalized spacial score (nSPS) is 15.1. The second-order valence-electron chi connectivity index (χ2n) is 14.0. The van der Waals surface area contributed by atoms with Crippen molar-refractivity contribution in [1.82, 2.24) is 0 Å². The summed E-state index contributed by atoms with van der Waals surface area (Å²) in [5, 5.41) is 30.3. The highest BCUT2D eigenvalue weighted by molar-refractivity contribution is 5.69. The summed E-state index contributed by atoms with van der Waals surface area (Å²) in [7, 11) is 0. The van der Waals surface area contributed by atoms with E-state index in [1.54, 1.807) is 20.8 Å². The third-order valence-corrected chi connectivity index (χ3v) is 9.76. The summed E-state index contributed by atoms with van der Waals surface area (Å²) in [6.07, 6.45) is 30.6. The van der Waals surface area contributed by atoms with Crippen molar-refractivity contribution in [2.75, 3.05) is 26.2 Å². The quantitative estimate of drug-likeness (QED) is 0.0422. The van der Waals surface area contributed by atoms with E-state index in [0.29, 0.717) is 43.4 Å². The van der Waals surface area contributed by atoms with Crippen molar-refractivity contribution >= 4 is 17.9 Å². The van der Waals surface area contributed by atoms with Gasteiger partial charge in [0.25, 0.3) is 0 Å². The average molecular weight is 638 g/mol. The first-order chi connectivity index (χ1) is 21.5. The molecule has 0 radical (unpaired) electrons. The summed E-state index contributed by atoms with van der Waals surface area (Å²) >= 11 is 0. The summed E-state index contributed by atoms with van der Waals surface area (Å²) in [5.74, 6) is -4.30. The fourth-order valence-corrected chi connectivity index (χ4v) is 6.08. The van der Waals surface area contributed by atoms with Crippen LogP contribution in [0.5, 0.6) is 0 Å². The molecular formula is C38H71NO6. The zero-order valence-electron chi connectivity index (χ0n) is 29.7. The Morgan fingerprint density at radius 2 is 0.867 bits per heavy atom. The van der Waals surface area contributed by atoms with E-state index >= 15 is 0 Å². The molecule has 0 heterocycles. The Kier molecular flexibility index (Phi) is 27.2. The fourth-order valence-electron chi connectivity index (χ4n) is 6.08. The minimum absolute atomic E-state index is 0.447. The SMILES string of the molecule is CC/C=C/CCCCCCCCCCCCCCCCCCC[N+](CCC(C)C(=O)[O-])(CCC(C)C(=O)O)CCC(C)C(=O)O. The number of aliphatic carboxylic acids is 3. The van der Waals surface area contributed by atoms with Crippen LogP contribution < -0.4 is 5.11 Å². The fraction of sp³-hybridized carbons (Fsp3) is 0.868. The van der Waals surface area contributed by atoms with Gasteiger partial charge in [0.05, 0.1) is 38.0 Å². The van der Waals surface area contributed by atoms with Crippen molar-refractivity contribution in [2.45, 2.75) is 169 Å². The van der Waals surface area contributed by atoms with Gasteiger partial charge in [-0.15, -0.1) is 0 Å². The number of nitrogens with zero attached hydrogens (tertiary/aromatic N) is 1. The van der Waals surface area contributed by atoms with Crippen molar-refractivity contribution in [1.29, 1.82) is 0 Å². The summed E-state index contributed by atoms with van der Waals surface area (Å²) in [6, 6.07) is 0. The van der Waals surface area contributed by atoms with Crippen LogP contribution in [0, 0.1) is 17.8 Å². The molecule has 0 rings (SSSR count). The van der Waals surface area contributed by atoms with Crippen LogP contribution in [0.4, 0.5) is 0 Å². The maximum Gasteiger partial charge on any atom is 0.306 e. The van der Waals surface area contributed by atoms with Gasteiger partial charge in [0.1, 0.15) is 0 Å². The van der Waals surface area contributed by atoms with Gasteiger partial charge in [-0.3, -0.25) is 9.59 Å². The van der Waals surface area contributed by atoms with Crippen LogP contribution in [0.1, 0.15) is 169 Å². The number of quaternary nitrogens is 1. The van der Waals surface area contributed by atoms with Crippen LogP contribution in [0.25, 0.3) is 0 Å². The number of unbranched alkanes of at least 4 members (excludes halogenated alkanes) is 17. The lowest BCUT2D eigenvalue weighted by Gasteiger charge is -2.41. The van der Waals surface area contributed by atoms with Gasteiger partial charge in [-0.05, 0) is 32.1 Å². The standard InChI is InChI=1S/C38H71NO6/c1-5-6-7-8-9-10-11-12-13-14-15-16-17-18-19-20-21-22-23-24-25-29-39(30-26-33(2)36(40)41,31-27-34(3)37(42)43)32-28-35(4)38(44)45/h6-7,33-35H,5,8-32H2,1-4H3,(H2-,40,41,42,43,44,45)/b7-6+. The number of rotatable bonds is 33. The predicted molar refractivity (Wildman–Crippen MR) is 184 cm³/mol. The van der Waals surface area contributed by atoms with Gasteiger partial charge in [0, 0.05) is 31.1 Å². The summed E-state index contributed by atoms with van der Waals surface area (Å²) < 4.78 is 0.587. The highest BCUT2D eigenvalue weighted by Gasteiger charge is 2.30. The molecule has 0 saturated carbocycles. The Labute approximate surface area is 276 Å². The van der Waals surface area contributed by atoms with Crippen molar-refractivity contribution in [3.8, 4) is 0 Å². The molecule has 3 atom stereocenters. The summed E-state index contributed by atoms with van der Waals surface area (Å²) in [4.78, 5) is 34.4. The number of carboxylic acid groups (broad SMARTS) is 3. The maximum absolute atomic E-state index is 11.5. The van der Waals surface area contributed by atoms with E-state index in [1.165, 1.54) is 103 Å². The monoisotopic (exact) mass is 638 g/mol. The second kappa shape index (κ2) is 28.3. The smallest absolute Gasteiger partial charge is 0.306 e. The first kappa shape index (κ1) is 43.1.